The van der Waals surface area contributed by atoms with Gasteiger partial charge in [0.15, 0.2) is 0 Å². The van der Waals surface area contributed by atoms with Gasteiger partial charge in [0, 0.05) is 32.5 Å². The molecule has 6 nitrogen and oxygen atoms in total. The second-order valence-corrected chi connectivity index (χ2v) is 14.7. The molecule has 0 aliphatic carbocycles. The molecule has 1 aliphatic heterocycles. The molecule has 0 N–H and O–H groups in total. The summed E-state index contributed by atoms with van der Waals surface area (Å²) in [5, 5.41) is 0. The molecular weight excluding hydrogens is 596 g/mol. The van der Waals surface area contributed by atoms with Gasteiger partial charge in [-0.1, -0.05) is 148 Å². The van der Waals surface area contributed by atoms with Gasteiger partial charge >= 0.3 is 11.9 Å². The summed E-state index contributed by atoms with van der Waals surface area (Å²) < 4.78 is 10.7. The molecule has 1 heterocycles. The van der Waals surface area contributed by atoms with E-state index in [1.165, 1.54) is 122 Å². The maximum Gasteiger partial charge on any atom is 0.306 e. The van der Waals surface area contributed by atoms with Crippen molar-refractivity contribution in [1.29, 1.82) is 0 Å². The first-order valence-corrected chi connectivity index (χ1v) is 20.5. The Balaban J connectivity index is 2.18. The van der Waals surface area contributed by atoms with E-state index in [-0.39, 0.29) is 11.9 Å². The van der Waals surface area contributed by atoms with Gasteiger partial charge in [0.05, 0.1) is 6.67 Å². The zero-order chi connectivity index (χ0) is 34.9. The molecule has 1 fully saturated rings. The first kappa shape index (κ1) is 44.4. The minimum Gasteiger partial charge on any atom is -0.461 e. The number of hydrogen-bond acceptors (Lipinski definition) is 6. The monoisotopic (exact) mass is 675 g/mol. The normalized spacial score (nSPS) is 14.9. The summed E-state index contributed by atoms with van der Waals surface area (Å²) in [6.45, 7) is 12.5. The molecule has 1 aliphatic rings. The molecular formula is C42H78N2O4. The lowest BCUT2D eigenvalue weighted by Gasteiger charge is -2.28. The first-order chi connectivity index (χ1) is 23.5. The highest BCUT2D eigenvalue weighted by molar-refractivity contribution is 5.69. The average Bonchev–Trinajstić information content (AvgIpc) is 3.49. The van der Waals surface area contributed by atoms with E-state index in [2.05, 4.69) is 49.8 Å². The Labute approximate surface area is 297 Å². The molecule has 1 rings (SSSR count). The van der Waals surface area contributed by atoms with Crippen molar-refractivity contribution in [1.82, 2.24) is 9.80 Å². The number of esters is 2. The highest BCUT2D eigenvalue weighted by Gasteiger charge is 2.23. The number of rotatable bonds is 33. The molecule has 0 saturated carbocycles. The fraction of sp³-hybridized carbons (Fsp3) is 0.857. The predicted molar refractivity (Wildman–Crippen MR) is 204 cm³/mol. The van der Waals surface area contributed by atoms with Gasteiger partial charge in [-0.15, -0.1) is 0 Å². The Kier molecular flexibility index (Phi) is 30.1. The average molecular weight is 675 g/mol. The molecule has 6 heteroatoms. The Morgan fingerprint density at radius 3 is 1.52 bits per heavy atom. The smallest absolute Gasteiger partial charge is 0.306 e. The molecule has 0 aromatic carbocycles. The van der Waals surface area contributed by atoms with Crippen LogP contribution in [0, 0.1) is 11.8 Å². The molecule has 0 amide bonds. The van der Waals surface area contributed by atoms with Gasteiger partial charge in [0.1, 0.15) is 13.2 Å². The molecule has 0 radical (unpaired) electrons. The predicted octanol–water partition coefficient (Wildman–Crippen LogP) is 11.0. The maximum absolute atomic E-state index is 12.0. The Morgan fingerprint density at radius 2 is 1.06 bits per heavy atom. The van der Waals surface area contributed by atoms with Crippen LogP contribution in [0.1, 0.15) is 175 Å². The topological polar surface area (TPSA) is 59.1 Å². The zero-order valence-corrected chi connectivity index (χ0v) is 32.2. The Hall–Kier alpha value is -1.66. The van der Waals surface area contributed by atoms with Gasteiger partial charge in [-0.05, 0) is 57.4 Å². The first-order valence-electron chi connectivity index (χ1n) is 20.5. The van der Waals surface area contributed by atoms with Crippen LogP contribution in [0.25, 0.3) is 0 Å². The number of unbranched alkanes of at least 4 members (excludes halogenated alkanes) is 16. The second-order valence-electron chi connectivity index (χ2n) is 14.7. The Bertz CT molecular complexity index is 761. The standard InChI is InChI=1S/C42H78N2O4/c1-5-7-9-11-13-21-27-35-47-41(45)31-25-19-15-17-23-29-40(39(3)37-44-34-33-43(4)38-44)30-24-18-16-20-26-32-42(46)48-36-28-22-14-12-10-8-6-2/h21-22,27-28,39-40H,5-20,23-26,29-38H2,1-4H3/b27-21+,28-22+. The lowest BCUT2D eigenvalue weighted by Crippen LogP contribution is -2.31. The van der Waals surface area contributed by atoms with Crippen LogP contribution in [-0.4, -0.2) is 68.3 Å². The number of likely N-dealkylation sites (N-methyl/N-ethyl adjacent to an activating group) is 1. The summed E-state index contributed by atoms with van der Waals surface area (Å²) in [4.78, 5) is 29.1. The highest BCUT2D eigenvalue weighted by Crippen LogP contribution is 2.27. The summed E-state index contributed by atoms with van der Waals surface area (Å²) in [6.07, 6.45) is 36.0. The molecule has 48 heavy (non-hydrogen) atoms. The molecule has 1 unspecified atom stereocenters. The fourth-order valence-corrected chi connectivity index (χ4v) is 6.80. The summed E-state index contributed by atoms with van der Waals surface area (Å²) in [7, 11) is 2.22. The fourth-order valence-electron chi connectivity index (χ4n) is 6.80. The summed E-state index contributed by atoms with van der Waals surface area (Å²) in [6, 6.07) is 0. The lowest BCUT2D eigenvalue weighted by molar-refractivity contribution is -0.143. The van der Waals surface area contributed by atoms with Crippen molar-refractivity contribution in [3.05, 3.63) is 24.3 Å². The van der Waals surface area contributed by atoms with Crippen molar-refractivity contribution in [2.45, 2.75) is 175 Å². The van der Waals surface area contributed by atoms with Crippen LogP contribution in [0.4, 0.5) is 0 Å². The van der Waals surface area contributed by atoms with Crippen LogP contribution >= 0.6 is 0 Å². The molecule has 280 valence electrons. The van der Waals surface area contributed by atoms with Crippen molar-refractivity contribution in [3.63, 3.8) is 0 Å². The quantitative estimate of drug-likeness (QED) is 0.0392. The van der Waals surface area contributed by atoms with E-state index in [0.29, 0.717) is 26.1 Å². The van der Waals surface area contributed by atoms with E-state index in [9.17, 15) is 9.59 Å². The molecule has 0 aromatic rings. The number of carbonyl (C=O) groups excluding carboxylic acids is 2. The number of nitrogens with zero attached hydrogens (tertiary/aromatic N) is 2. The van der Waals surface area contributed by atoms with Crippen LogP contribution in [0.15, 0.2) is 24.3 Å². The van der Waals surface area contributed by atoms with Crippen LogP contribution in [0.5, 0.6) is 0 Å². The van der Waals surface area contributed by atoms with Crippen LogP contribution in [-0.2, 0) is 19.1 Å². The van der Waals surface area contributed by atoms with E-state index >= 15 is 0 Å². The van der Waals surface area contributed by atoms with Gasteiger partial charge in [0.2, 0.25) is 0 Å². The number of hydrogen-bond donors (Lipinski definition) is 0. The van der Waals surface area contributed by atoms with Crippen LogP contribution in [0.3, 0.4) is 0 Å². The van der Waals surface area contributed by atoms with Crippen molar-refractivity contribution >= 4 is 11.9 Å². The molecule has 0 spiro atoms. The van der Waals surface area contributed by atoms with Crippen molar-refractivity contribution in [2.24, 2.45) is 11.8 Å². The summed E-state index contributed by atoms with van der Waals surface area (Å²) in [5.41, 5.74) is 0. The minimum absolute atomic E-state index is 0.0526. The molecule has 1 atom stereocenters. The van der Waals surface area contributed by atoms with Gasteiger partial charge < -0.3 is 9.47 Å². The molecule has 1 saturated heterocycles. The third-order valence-electron chi connectivity index (χ3n) is 9.97. The lowest BCUT2D eigenvalue weighted by atomic mass is 9.84. The third-order valence-corrected chi connectivity index (χ3v) is 9.97. The SMILES string of the molecule is CCCCCC/C=C/COC(=O)CCCCCCCC(CCCCCCCC(=O)OC/C=C/CCCCCC)C(C)CN1CCN(C)C1. The summed E-state index contributed by atoms with van der Waals surface area (Å²) >= 11 is 0. The number of allylic oxidation sites excluding steroid dienone is 2. The van der Waals surface area contributed by atoms with Gasteiger partial charge in [0.25, 0.3) is 0 Å². The third kappa shape index (κ3) is 27.2. The summed E-state index contributed by atoms with van der Waals surface area (Å²) in [5.74, 6) is 1.39. The van der Waals surface area contributed by atoms with Gasteiger partial charge in [-0.2, -0.15) is 0 Å². The van der Waals surface area contributed by atoms with E-state index < -0.39 is 0 Å². The Morgan fingerprint density at radius 1 is 0.604 bits per heavy atom. The van der Waals surface area contributed by atoms with E-state index in [1.807, 2.05) is 12.2 Å². The molecule has 0 aromatic heterocycles. The minimum atomic E-state index is -0.0526. The van der Waals surface area contributed by atoms with Gasteiger partial charge in [-0.3, -0.25) is 19.4 Å². The van der Waals surface area contributed by atoms with E-state index in [0.717, 1.165) is 57.0 Å². The van der Waals surface area contributed by atoms with Crippen LogP contribution < -0.4 is 0 Å². The maximum atomic E-state index is 12.0. The van der Waals surface area contributed by atoms with Crippen molar-refractivity contribution in [3.8, 4) is 0 Å². The highest BCUT2D eigenvalue weighted by atomic mass is 16.5. The zero-order valence-electron chi connectivity index (χ0n) is 32.2. The largest absolute Gasteiger partial charge is 0.461 e. The number of ether oxygens (including phenoxy) is 2. The van der Waals surface area contributed by atoms with Crippen LogP contribution in [0.2, 0.25) is 0 Å². The van der Waals surface area contributed by atoms with E-state index in [1.54, 1.807) is 0 Å². The van der Waals surface area contributed by atoms with Gasteiger partial charge in [-0.25, -0.2) is 0 Å². The van der Waals surface area contributed by atoms with E-state index in [4.69, 9.17) is 9.47 Å². The number of carbonyl (C=O) groups is 2. The second kappa shape index (κ2) is 32.5. The molecule has 0 bridgehead atoms. The van der Waals surface area contributed by atoms with Crippen molar-refractivity contribution < 1.29 is 19.1 Å². The van der Waals surface area contributed by atoms with Crippen molar-refractivity contribution in [2.75, 3.05) is 46.6 Å².